The van der Waals surface area contributed by atoms with Crippen LogP contribution >= 0.6 is 0 Å². The van der Waals surface area contributed by atoms with Gasteiger partial charge < -0.3 is 4.74 Å². The summed E-state index contributed by atoms with van der Waals surface area (Å²) in [7, 11) is -6.85. The molecule has 0 spiro atoms. The quantitative estimate of drug-likeness (QED) is 0.303. The Balaban J connectivity index is 5.75. The molecule has 0 saturated heterocycles. The maximum Gasteiger partial charge on any atom is 0.460 e. The molecule has 5 nitrogen and oxygen atoms in total. The van der Waals surface area contributed by atoms with Crippen molar-refractivity contribution in [2.45, 2.75) is 43.4 Å². The third kappa shape index (κ3) is 4.19. The van der Waals surface area contributed by atoms with Crippen LogP contribution in [-0.2, 0) is 19.6 Å². The Morgan fingerprint density at radius 1 is 1.00 bits per heavy atom. The summed E-state index contributed by atoms with van der Waals surface area (Å²) in [5.41, 5.74) is -0.383. The zero-order valence-corrected chi connectivity index (χ0v) is 13.0. The molecule has 0 aromatic heterocycles. The fourth-order valence-corrected chi connectivity index (χ4v) is 2.21. The van der Waals surface area contributed by atoms with Gasteiger partial charge in [-0.3, -0.25) is 0 Å². The van der Waals surface area contributed by atoms with E-state index in [-0.39, 0.29) is 5.57 Å². The molecule has 0 rings (SSSR count). The van der Waals surface area contributed by atoms with Gasteiger partial charge in [-0.05, 0) is 13.8 Å². The molecule has 1 unspecified atom stereocenters. The van der Waals surface area contributed by atoms with Gasteiger partial charge in [0, 0.05) is 5.57 Å². The summed E-state index contributed by atoms with van der Waals surface area (Å²) in [6, 6.07) is 0. The highest BCUT2D eigenvalue weighted by atomic mass is 32.2. The molecule has 148 valence electrons. The van der Waals surface area contributed by atoms with Crippen LogP contribution in [0.5, 0.6) is 0 Å². The van der Waals surface area contributed by atoms with E-state index in [4.69, 9.17) is 0 Å². The van der Waals surface area contributed by atoms with Crippen molar-refractivity contribution in [3.05, 3.63) is 12.2 Å². The average Bonchev–Trinajstić information content (AvgIpc) is 2.35. The van der Waals surface area contributed by atoms with E-state index in [9.17, 15) is 52.7 Å². The number of halogens is 9. The zero-order valence-electron chi connectivity index (χ0n) is 12.2. The lowest BCUT2D eigenvalue weighted by Gasteiger charge is -2.33. The molecule has 25 heavy (non-hydrogen) atoms. The van der Waals surface area contributed by atoms with Gasteiger partial charge in [0.05, 0.1) is 0 Å². The van der Waals surface area contributed by atoms with Crippen LogP contribution in [0.2, 0.25) is 0 Å². The van der Waals surface area contributed by atoms with Gasteiger partial charge in [0.15, 0.2) is 6.23 Å². The van der Waals surface area contributed by atoms with E-state index in [1.165, 1.54) is 0 Å². The van der Waals surface area contributed by atoms with Crippen LogP contribution in [0.25, 0.3) is 0 Å². The first-order valence-corrected chi connectivity index (χ1v) is 7.29. The number of alkyl halides is 9. The number of sulfonamides is 1. The highest BCUT2D eigenvalue weighted by Crippen LogP contribution is 2.54. The van der Waals surface area contributed by atoms with E-state index in [1.807, 2.05) is 0 Å². The summed E-state index contributed by atoms with van der Waals surface area (Å²) in [6.45, 7) is 4.54. The Kier molecular flexibility index (Phi) is 6.26. The third-order valence-corrected chi connectivity index (χ3v) is 3.98. The molecule has 0 radical (unpaired) electrons. The lowest BCUT2D eigenvalue weighted by molar-refractivity contribution is -0.382. The standard InChI is InChI=1S/C10H10F9NO4S/c1-4(2)6(21)24-5(3)20-25(22,23)10(18,19)8(13,14)7(11,12)9(15,16)17/h5,20H,1H2,2-3H3. The van der Waals surface area contributed by atoms with Crippen molar-refractivity contribution in [2.75, 3.05) is 0 Å². The lowest BCUT2D eigenvalue weighted by atomic mass is 10.1. The number of carbonyl (C=O) groups is 1. The maximum absolute atomic E-state index is 13.3. The SMILES string of the molecule is C=C(C)C(=O)OC(C)NS(=O)(=O)C(F)(F)C(F)(F)C(F)(F)C(F)(F)F. The number of ether oxygens (including phenoxy) is 1. The Labute approximate surface area is 134 Å². The molecule has 0 aliphatic rings. The minimum atomic E-state index is -7.38. The number of rotatable bonds is 7. The third-order valence-electron chi connectivity index (χ3n) is 2.41. The average molecular weight is 411 g/mol. The Morgan fingerprint density at radius 3 is 1.72 bits per heavy atom. The van der Waals surface area contributed by atoms with Gasteiger partial charge in [0.2, 0.25) is 0 Å². The topological polar surface area (TPSA) is 72.5 Å². The zero-order chi connectivity index (χ0) is 20.6. The molecule has 1 atom stereocenters. The Morgan fingerprint density at radius 2 is 1.40 bits per heavy atom. The molecule has 0 fully saturated rings. The number of carbonyl (C=O) groups excluding carboxylic acids is 1. The maximum atomic E-state index is 13.3. The number of hydrogen-bond donors (Lipinski definition) is 1. The fraction of sp³-hybridized carbons (Fsp3) is 0.700. The van der Waals surface area contributed by atoms with E-state index < -0.39 is 45.5 Å². The van der Waals surface area contributed by atoms with E-state index in [1.54, 1.807) is 0 Å². The first kappa shape index (κ1) is 23.5. The molecule has 15 heteroatoms. The summed E-state index contributed by atoms with van der Waals surface area (Å²) < 4.78 is 141. The van der Waals surface area contributed by atoms with Crippen molar-refractivity contribution in [3.63, 3.8) is 0 Å². The van der Waals surface area contributed by atoms with E-state index in [0.717, 1.165) is 6.92 Å². The van der Waals surface area contributed by atoms with Gasteiger partial charge in [0.25, 0.3) is 10.0 Å². The molecule has 0 amide bonds. The van der Waals surface area contributed by atoms with Gasteiger partial charge in [-0.1, -0.05) is 6.58 Å². The van der Waals surface area contributed by atoms with E-state index in [2.05, 4.69) is 11.3 Å². The van der Waals surface area contributed by atoms with E-state index in [0.29, 0.717) is 11.6 Å². The molecule has 0 saturated carbocycles. The predicted molar refractivity (Wildman–Crippen MR) is 63.3 cm³/mol. The summed E-state index contributed by atoms with van der Waals surface area (Å²) >= 11 is 0. The number of nitrogens with one attached hydrogen (secondary N) is 1. The second-order valence-corrected chi connectivity index (χ2v) is 6.37. The van der Waals surface area contributed by atoms with Crippen LogP contribution < -0.4 is 4.72 Å². The minimum absolute atomic E-state index is 0.383. The molecule has 0 bridgehead atoms. The molecular formula is C10H10F9NO4S. The van der Waals surface area contributed by atoms with Crippen LogP contribution in [-0.4, -0.2) is 43.9 Å². The first-order valence-electron chi connectivity index (χ1n) is 5.81. The molecular weight excluding hydrogens is 401 g/mol. The normalized spacial score (nSPS) is 15.6. The van der Waals surface area contributed by atoms with Crippen LogP contribution in [0.4, 0.5) is 39.5 Å². The summed E-state index contributed by atoms with van der Waals surface area (Å²) in [5, 5.41) is -6.91. The van der Waals surface area contributed by atoms with Gasteiger partial charge in [-0.2, -0.15) is 44.2 Å². The van der Waals surface area contributed by atoms with Crippen molar-refractivity contribution < 1.29 is 57.5 Å². The Bertz CT molecular complexity index is 641. The minimum Gasteiger partial charge on any atom is -0.443 e. The van der Waals surface area contributed by atoms with Crippen molar-refractivity contribution >= 4 is 16.0 Å². The summed E-state index contributed by atoms with van der Waals surface area (Å²) in [4.78, 5) is 11.0. The van der Waals surface area contributed by atoms with Crippen molar-refractivity contribution in [2.24, 2.45) is 0 Å². The van der Waals surface area contributed by atoms with Crippen molar-refractivity contribution in [3.8, 4) is 0 Å². The van der Waals surface area contributed by atoms with Gasteiger partial charge in [-0.25, -0.2) is 13.2 Å². The van der Waals surface area contributed by atoms with Crippen molar-refractivity contribution in [1.82, 2.24) is 4.72 Å². The van der Waals surface area contributed by atoms with Crippen LogP contribution in [0.3, 0.4) is 0 Å². The number of esters is 1. The molecule has 0 aromatic carbocycles. The largest absolute Gasteiger partial charge is 0.460 e. The highest BCUT2D eigenvalue weighted by molar-refractivity contribution is 7.90. The van der Waals surface area contributed by atoms with Gasteiger partial charge in [-0.15, -0.1) is 0 Å². The highest BCUT2D eigenvalue weighted by Gasteiger charge is 2.85. The second kappa shape index (κ2) is 6.66. The molecule has 0 heterocycles. The predicted octanol–water partition coefficient (Wildman–Crippen LogP) is 2.80. The second-order valence-electron chi connectivity index (χ2n) is 4.61. The first-order chi connectivity index (χ1) is 10.7. The van der Waals surface area contributed by atoms with Crippen molar-refractivity contribution in [1.29, 1.82) is 0 Å². The molecule has 0 aromatic rings. The lowest BCUT2D eigenvalue weighted by Crippen LogP contribution is -2.65. The van der Waals surface area contributed by atoms with Crippen LogP contribution in [0.15, 0.2) is 12.2 Å². The van der Waals surface area contributed by atoms with Crippen LogP contribution in [0.1, 0.15) is 13.8 Å². The van der Waals surface area contributed by atoms with E-state index >= 15 is 0 Å². The van der Waals surface area contributed by atoms with Gasteiger partial charge >= 0.3 is 29.2 Å². The fourth-order valence-electron chi connectivity index (χ4n) is 1.11. The van der Waals surface area contributed by atoms with Crippen LogP contribution in [0, 0.1) is 0 Å². The Hall–Kier alpha value is -1.51. The van der Waals surface area contributed by atoms with Gasteiger partial charge in [0.1, 0.15) is 0 Å². The number of hydrogen-bond acceptors (Lipinski definition) is 4. The summed E-state index contributed by atoms with van der Waals surface area (Å²) in [6.07, 6.45) is -9.48. The smallest absolute Gasteiger partial charge is 0.443 e. The molecule has 0 aliphatic carbocycles. The molecule has 0 aliphatic heterocycles. The molecule has 1 N–H and O–H groups in total. The summed E-state index contributed by atoms with van der Waals surface area (Å²) in [5.74, 6) is -16.1. The monoisotopic (exact) mass is 411 g/mol.